The lowest BCUT2D eigenvalue weighted by atomic mass is 10.0. The van der Waals surface area contributed by atoms with E-state index in [4.69, 9.17) is 10.5 Å². The molecule has 0 saturated heterocycles. The van der Waals surface area contributed by atoms with Crippen molar-refractivity contribution in [1.82, 2.24) is 4.98 Å². The number of hydrogen-bond donors (Lipinski definition) is 1. The zero-order valence-electron chi connectivity index (χ0n) is 9.18. The van der Waals surface area contributed by atoms with Crippen LogP contribution in [-0.4, -0.2) is 12.1 Å². The summed E-state index contributed by atoms with van der Waals surface area (Å²) in [6.45, 7) is 0. The highest BCUT2D eigenvalue weighted by Crippen LogP contribution is 2.21. The molecular weight excluding hydrogens is 200 g/mol. The highest BCUT2D eigenvalue weighted by atomic mass is 16.5. The van der Waals surface area contributed by atoms with E-state index in [-0.39, 0.29) is 0 Å². The third kappa shape index (κ3) is 2.31. The van der Waals surface area contributed by atoms with Gasteiger partial charge in [-0.3, -0.25) is 4.98 Å². The summed E-state index contributed by atoms with van der Waals surface area (Å²) in [6.07, 6.45) is 4.39. The third-order valence-electron chi connectivity index (χ3n) is 2.50. The van der Waals surface area contributed by atoms with Crippen molar-refractivity contribution >= 4 is 5.69 Å². The molecule has 0 amide bonds. The zero-order chi connectivity index (χ0) is 11.4. The summed E-state index contributed by atoms with van der Waals surface area (Å²) in [5, 5.41) is 0. The minimum absolute atomic E-state index is 0.760. The van der Waals surface area contributed by atoms with Gasteiger partial charge in [0.25, 0.3) is 0 Å². The quantitative estimate of drug-likeness (QED) is 0.797. The van der Waals surface area contributed by atoms with E-state index in [1.807, 2.05) is 30.3 Å². The van der Waals surface area contributed by atoms with Crippen LogP contribution in [0.2, 0.25) is 0 Å². The first-order valence-electron chi connectivity index (χ1n) is 5.11. The second-order valence-electron chi connectivity index (χ2n) is 3.60. The molecule has 0 radical (unpaired) electrons. The summed E-state index contributed by atoms with van der Waals surface area (Å²) < 4.78 is 5.11. The van der Waals surface area contributed by atoms with Gasteiger partial charge in [-0.15, -0.1) is 0 Å². The predicted octanol–water partition coefficient (Wildman–Crippen LogP) is 2.26. The highest BCUT2D eigenvalue weighted by molar-refractivity contribution is 5.52. The number of pyridine rings is 1. The van der Waals surface area contributed by atoms with E-state index in [2.05, 4.69) is 4.98 Å². The van der Waals surface area contributed by atoms with Gasteiger partial charge < -0.3 is 10.5 Å². The minimum atomic E-state index is 0.760. The number of nitrogen functional groups attached to an aromatic ring is 1. The van der Waals surface area contributed by atoms with Crippen LogP contribution < -0.4 is 10.5 Å². The lowest BCUT2D eigenvalue weighted by molar-refractivity contribution is 0.415. The number of ether oxygens (including phenoxy) is 1. The molecule has 0 fully saturated rings. The van der Waals surface area contributed by atoms with Crippen LogP contribution in [0.4, 0.5) is 5.69 Å². The van der Waals surface area contributed by atoms with Crippen LogP contribution in [0.15, 0.2) is 42.7 Å². The van der Waals surface area contributed by atoms with E-state index in [0.29, 0.717) is 0 Å². The number of methoxy groups -OCH3 is 1. The molecule has 0 aliphatic heterocycles. The van der Waals surface area contributed by atoms with E-state index in [9.17, 15) is 0 Å². The number of aromatic nitrogens is 1. The van der Waals surface area contributed by atoms with Crippen molar-refractivity contribution in [2.24, 2.45) is 0 Å². The first-order chi connectivity index (χ1) is 7.79. The molecule has 1 heterocycles. The van der Waals surface area contributed by atoms with E-state index in [1.54, 1.807) is 19.5 Å². The van der Waals surface area contributed by atoms with Crippen LogP contribution >= 0.6 is 0 Å². The second-order valence-corrected chi connectivity index (χ2v) is 3.60. The molecule has 1 aromatic carbocycles. The standard InChI is InChI=1S/C13H14N2O/c1-16-12-3-2-11(13(14)9-12)8-10-4-6-15-7-5-10/h2-7,9H,8,14H2,1H3. The van der Waals surface area contributed by atoms with Gasteiger partial charge >= 0.3 is 0 Å². The van der Waals surface area contributed by atoms with Crippen molar-refractivity contribution in [3.05, 3.63) is 53.9 Å². The van der Waals surface area contributed by atoms with Crippen LogP contribution in [-0.2, 0) is 6.42 Å². The van der Waals surface area contributed by atoms with Gasteiger partial charge in [0, 0.05) is 24.1 Å². The first kappa shape index (κ1) is 10.5. The smallest absolute Gasteiger partial charge is 0.120 e. The molecule has 3 nitrogen and oxygen atoms in total. The average molecular weight is 214 g/mol. The Morgan fingerprint density at radius 1 is 1.19 bits per heavy atom. The SMILES string of the molecule is COc1ccc(Cc2ccncc2)c(N)c1. The van der Waals surface area contributed by atoms with Crippen molar-refractivity contribution in [2.75, 3.05) is 12.8 Å². The van der Waals surface area contributed by atoms with Crippen molar-refractivity contribution in [1.29, 1.82) is 0 Å². The first-order valence-corrected chi connectivity index (χ1v) is 5.11. The molecule has 0 bridgehead atoms. The summed E-state index contributed by atoms with van der Waals surface area (Å²) in [7, 11) is 1.64. The third-order valence-corrected chi connectivity index (χ3v) is 2.50. The van der Waals surface area contributed by atoms with Crippen molar-refractivity contribution < 1.29 is 4.74 Å². The molecule has 16 heavy (non-hydrogen) atoms. The molecule has 0 aliphatic carbocycles. The van der Waals surface area contributed by atoms with Gasteiger partial charge in [0.05, 0.1) is 7.11 Å². The molecule has 2 aromatic rings. The molecule has 0 saturated carbocycles. The van der Waals surface area contributed by atoms with Gasteiger partial charge in [-0.2, -0.15) is 0 Å². The Kier molecular flexibility index (Phi) is 3.05. The largest absolute Gasteiger partial charge is 0.497 e. The van der Waals surface area contributed by atoms with E-state index < -0.39 is 0 Å². The number of benzene rings is 1. The van der Waals surface area contributed by atoms with Gasteiger partial charge in [0.2, 0.25) is 0 Å². The lowest BCUT2D eigenvalue weighted by Crippen LogP contribution is -1.96. The maximum Gasteiger partial charge on any atom is 0.120 e. The van der Waals surface area contributed by atoms with Crippen LogP contribution in [0.1, 0.15) is 11.1 Å². The van der Waals surface area contributed by atoms with E-state index in [1.165, 1.54) is 5.56 Å². The summed E-state index contributed by atoms with van der Waals surface area (Å²) in [6, 6.07) is 9.74. The molecule has 2 rings (SSSR count). The Balaban J connectivity index is 2.22. The van der Waals surface area contributed by atoms with Crippen molar-refractivity contribution in [3.63, 3.8) is 0 Å². The molecule has 0 aliphatic rings. The van der Waals surface area contributed by atoms with E-state index in [0.717, 1.165) is 23.4 Å². The Bertz CT molecular complexity index is 469. The average Bonchev–Trinajstić information content (AvgIpc) is 2.33. The minimum Gasteiger partial charge on any atom is -0.497 e. The van der Waals surface area contributed by atoms with Crippen molar-refractivity contribution in [2.45, 2.75) is 6.42 Å². The van der Waals surface area contributed by atoms with Crippen LogP contribution in [0.3, 0.4) is 0 Å². The molecule has 82 valence electrons. The van der Waals surface area contributed by atoms with Gasteiger partial charge in [0.15, 0.2) is 0 Å². The molecule has 3 heteroatoms. The maximum atomic E-state index is 5.95. The topological polar surface area (TPSA) is 48.1 Å². The number of hydrogen-bond acceptors (Lipinski definition) is 3. The molecule has 0 atom stereocenters. The monoisotopic (exact) mass is 214 g/mol. The highest BCUT2D eigenvalue weighted by Gasteiger charge is 2.02. The van der Waals surface area contributed by atoms with Crippen molar-refractivity contribution in [3.8, 4) is 5.75 Å². The van der Waals surface area contributed by atoms with Gasteiger partial charge in [-0.25, -0.2) is 0 Å². The van der Waals surface area contributed by atoms with Gasteiger partial charge in [0.1, 0.15) is 5.75 Å². The second kappa shape index (κ2) is 4.66. The molecule has 1 aromatic heterocycles. The lowest BCUT2D eigenvalue weighted by Gasteiger charge is -2.07. The Morgan fingerprint density at radius 2 is 1.94 bits per heavy atom. The maximum absolute atomic E-state index is 5.95. The Hall–Kier alpha value is -2.03. The normalized spacial score (nSPS) is 10.1. The van der Waals surface area contributed by atoms with Crippen LogP contribution in [0, 0.1) is 0 Å². The fraction of sp³-hybridized carbons (Fsp3) is 0.154. The number of anilines is 1. The van der Waals surface area contributed by atoms with Gasteiger partial charge in [-0.1, -0.05) is 6.07 Å². The summed E-state index contributed by atoms with van der Waals surface area (Å²) >= 11 is 0. The molecule has 2 N–H and O–H groups in total. The molecule has 0 spiro atoms. The zero-order valence-corrected chi connectivity index (χ0v) is 9.18. The summed E-state index contributed by atoms with van der Waals surface area (Å²) in [5.74, 6) is 0.788. The summed E-state index contributed by atoms with van der Waals surface area (Å²) in [5.41, 5.74) is 9.01. The van der Waals surface area contributed by atoms with Gasteiger partial charge in [-0.05, 0) is 35.7 Å². The predicted molar refractivity (Wildman–Crippen MR) is 64.4 cm³/mol. The van der Waals surface area contributed by atoms with Crippen LogP contribution in [0.5, 0.6) is 5.75 Å². The Morgan fingerprint density at radius 3 is 2.56 bits per heavy atom. The number of rotatable bonds is 3. The van der Waals surface area contributed by atoms with E-state index >= 15 is 0 Å². The molecular formula is C13H14N2O. The van der Waals surface area contributed by atoms with Crippen LogP contribution in [0.25, 0.3) is 0 Å². The number of nitrogens with two attached hydrogens (primary N) is 1. The fourth-order valence-electron chi connectivity index (χ4n) is 1.58. The molecule has 0 unspecified atom stereocenters. The summed E-state index contributed by atoms with van der Waals surface area (Å²) in [4.78, 5) is 3.99. The Labute approximate surface area is 94.9 Å². The fourth-order valence-corrected chi connectivity index (χ4v) is 1.58. The number of nitrogens with zero attached hydrogens (tertiary/aromatic N) is 1.